The molecule has 0 aliphatic heterocycles. The molecule has 6 atom stereocenters. The van der Waals surface area contributed by atoms with Crippen molar-refractivity contribution in [3.8, 4) is 0 Å². The van der Waals surface area contributed by atoms with Gasteiger partial charge >= 0.3 is 0 Å². The van der Waals surface area contributed by atoms with Crippen molar-refractivity contribution in [2.75, 3.05) is 6.61 Å². The summed E-state index contributed by atoms with van der Waals surface area (Å²) in [5, 5.41) is 41.0. The van der Waals surface area contributed by atoms with E-state index in [9.17, 15) is 20.4 Å². The van der Waals surface area contributed by atoms with E-state index in [1.165, 1.54) is 0 Å². The Balaban J connectivity index is 2.31. The fraction of sp³-hybridized carbons (Fsp3) is 1.00. The fourth-order valence-electron chi connectivity index (χ4n) is 4.66. The van der Waals surface area contributed by atoms with E-state index in [2.05, 4.69) is 6.92 Å². The van der Waals surface area contributed by atoms with Gasteiger partial charge in [0.25, 0.3) is 0 Å². The highest BCUT2D eigenvalue weighted by Gasteiger charge is 2.57. The van der Waals surface area contributed by atoms with Crippen LogP contribution in [0.2, 0.25) is 0 Å². The van der Waals surface area contributed by atoms with Gasteiger partial charge in [-0.05, 0) is 44.9 Å². The molecule has 0 aromatic heterocycles. The van der Waals surface area contributed by atoms with Crippen molar-refractivity contribution < 1.29 is 20.4 Å². The first-order chi connectivity index (χ1) is 8.64. The van der Waals surface area contributed by atoms with Gasteiger partial charge in [-0.2, -0.15) is 0 Å². The SMILES string of the molecule is C[C@]12CCC[C@@](C)(O)[C@@H]1[C@@H](O)[C@H]([C@@](C)(O)CO)CC2. The molecule has 2 saturated carbocycles. The third-order valence-electron chi connectivity index (χ3n) is 5.75. The minimum Gasteiger partial charge on any atom is -0.393 e. The molecule has 2 rings (SSSR count). The molecule has 0 heterocycles. The predicted molar refractivity (Wildman–Crippen MR) is 72.5 cm³/mol. The van der Waals surface area contributed by atoms with Crippen LogP contribution in [0.15, 0.2) is 0 Å². The number of rotatable bonds is 2. The molecule has 112 valence electrons. The fourth-order valence-corrected chi connectivity index (χ4v) is 4.66. The first-order valence-electron chi connectivity index (χ1n) is 7.38. The minimum absolute atomic E-state index is 0.0663. The zero-order valence-corrected chi connectivity index (χ0v) is 12.3. The molecule has 0 unspecified atom stereocenters. The van der Waals surface area contributed by atoms with Crippen molar-refractivity contribution in [1.82, 2.24) is 0 Å². The number of hydrogen-bond acceptors (Lipinski definition) is 4. The third kappa shape index (κ3) is 2.44. The van der Waals surface area contributed by atoms with Crippen LogP contribution in [0.5, 0.6) is 0 Å². The maximum absolute atomic E-state index is 10.7. The van der Waals surface area contributed by atoms with Gasteiger partial charge in [0.05, 0.1) is 23.9 Å². The monoisotopic (exact) mass is 272 g/mol. The van der Waals surface area contributed by atoms with Crippen molar-refractivity contribution in [3.63, 3.8) is 0 Å². The molecule has 4 N–H and O–H groups in total. The molecular formula is C15H28O4. The average Bonchev–Trinajstić information content (AvgIpc) is 2.26. The summed E-state index contributed by atoms with van der Waals surface area (Å²) in [6, 6.07) is 0. The second-order valence-electron chi connectivity index (χ2n) is 7.49. The summed E-state index contributed by atoms with van der Waals surface area (Å²) in [5.41, 5.74) is -2.24. The summed E-state index contributed by atoms with van der Waals surface area (Å²) in [5.74, 6) is -0.606. The van der Waals surface area contributed by atoms with Crippen molar-refractivity contribution >= 4 is 0 Å². The molecule has 0 radical (unpaired) electrons. The van der Waals surface area contributed by atoms with Crippen LogP contribution in [0.4, 0.5) is 0 Å². The first-order valence-corrected chi connectivity index (χ1v) is 7.38. The maximum atomic E-state index is 10.7. The predicted octanol–water partition coefficient (Wildman–Crippen LogP) is 1.06. The van der Waals surface area contributed by atoms with E-state index in [-0.39, 0.29) is 23.9 Å². The molecule has 2 aliphatic rings. The van der Waals surface area contributed by atoms with Crippen molar-refractivity contribution in [2.24, 2.45) is 17.3 Å². The summed E-state index contributed by atoms with van der Waals surface area (Å²) >= 11 is 0. The Labute approximate surface area is 115 Å². The molecule has 0 aromatic carbocycles. The van der Waals surface area contributed by atoms with E-state index in [4.69, 9.17) is 0 Å². The Morgan fingerprint density at radius 2 is 1.84 bits per heavy atom. The zero-order chi connectivity index (χ0) is 14.5. The van der Waals surface area contributed by atoms with E-state index in [1.807, 2.05) is 0 Å². The Morgan fingerprint density at radius 1 is 1.21 bits per heavy atom. The van der Waals surface area contributed by atoms with Crippen molar-refractivity contribution in [1.29, 1.82) is 0 Å². The lowest BCUT2D eigenvalue weighted by atomic mass is 9.51. The Morgan fingerprint density at radius 3 is 2.42 bits per heavy atom. The van der Waals surface area contributed by atoms with Crippen LogP contribution in [0.25, 0.3) is 0 Å². The average molecular weight is 272 g/mol. The highest BCUT2D eigenvalue weighted by Crippen LogP contribution is 2.56. The molecule has 4 nitrogen and oxygen atoms in total. The van der Waals surface area contributed by atoms with Gasteiger partial charge in [-0.3, -0.25) is 0 Å². The van der Waals surface area contributed by atoms with Crippen LogP contribution in [0.3, 0.4) is 0 Å². The summed E-state index contributed by atoms with van der Waals surface area (Å²) in [6.45, 7) is 5.15. The number of fused-ring (bicyclic) bond motifs is 1. The van der Waals surface area contributed by atoms with Gasteiger partial charge in [0, 0.05) is 11.8 Å². The second kappa shape index (κ2) is 4.69. The lowest BCUT2D eigenvalue weighted by Gasteiger charge is -2.58. The maximum Gasteiger partial charge on any atom is 0.0902 e. The highest BCUT2D eigenvalue weighted by atomic mass is 16.3. The minimum atomic E-state index is -1.28. The lowest BCUT2D eigenvalue weighted by Crippen LogP contribution is -2.62. The van der Waals surface area contributed by atoms with Gasteiger partial charge in [0.1, 0.15) is 0 Å². The van der Waals surface area contributed by atoms with Crippen LogP contribution in [-0.4, -0.2) is 44.3 Å². The van der Waals surface area contributed by atoms with Gasteiger partial charge in [-0.15, -0.1) is 0 Å². The molecule has 19 heavy (non-hydrogen) atoms. The van der Waals surface area contributed by atoms with Crippen LogP contribution in [0.1, 0.15) is 52.9 Å². The quantitative estimate of drug-likeness (QED) is 0.606. The summed E-state index contributed by atoms with van der Waals surface area (Å²) in [4.78, 5) is 0. The van der Waals surface area contributed by atoms with Gasteiger partial charge in [-0.1, -0.05) is 13.3 Å². The molecule has 0 saturated heterocycles. The van der Waals surface area contributed by atoms with E-state index < -0.39 is 17.3 Å². The van der Waals surface area contributed by atoms with Crippen LogP contribution in [0, 0.1) is 17.3 Å². The molecular weight excluding hydrogens is 244 g/mol. The smallest absolute Gasteiger partial charge is 0.0902 e. The largest absolute Gasteiger partial charge is 0.393 e. The number of aliphatic hydroxyl groups excluding tert-OH is 2. The van der Waals surface area contributed by atoms with Crippen LogP contribution >= 0.6 is 0 Å². The highest BCUT2D eigenvalue weighted by molar-refractivity contribution is 5.07. The van der Waals surface area contributed by atoms with Gasteiger partial charge in [-0.25, -0.2) is 0 Å². The molecule has 0 spiro atoms. The standard InChI is InChI=1S/C15H28O4/c1-13-6-4-7-14(2,18)12(13)11(17)10(5-8-13)15(3,19)9-16/h10-12,16-19H,4-9H2,1-3H3/t10-,11+,12-,13-,14-,15+/m1/s1. The second-order valence-corrected chi connectivity index (χ2v) is 7.49. The van der Waals surface area contributed by atoms with E-state index in [0.717, 1.165) is 19.3 Å². The Bertz CT molecular complexity index is 339. The molecule has 0 bridgehead atoms. The topological polar surface area (TPSA) is 80.9 Å². The number of aliphatic hydroxyl groups is 4. The van der Waals surface area contributed by atoms with Gasteiger partial charge in [0.15, 0.2) is 0 Å². The third-order valence-corrected chi connectivity index (χ3v) is 5.75. The van der Waals surface area contributed by atoms with E-state index in [0.29, 0.717) is 12.8 Å². The van der Waals surface area contributed by atoms with Crippen molar-refractivity contribution in [3.05, 3.63) is 0 Å². The lowest BCUT2D eigenvalue weighted by molar-refractivity contribution is -0.210. The zero-order valence-electron chi connectivity index (χ0n) is 12.3. The van der Waals surface area contributed by atoms with Gasteiger partial charge in [0.2, 0.25) is 0 Å². The molecule has 2 fully saturated rings. The molecule has 2 aliphatic carbocycles. The van der Waals surface area contributed by atoms with Gasteiger partial charge < -0.3 is 20.4 Å². The Hall–Kier alpha value is -0.160. The molecule has 0 aromatic rings. The molecule has 4 heteroatoms. The summed E-state index contributed by atoms with van der Waals surface area (Å²) in [6.07, 6.45) is 3.49. The summed E-state index contributed by atoms with van der Waals surface area (Å²) < 4.78 is 0. The van der Waals surface area contributed by atoms with Crippen LogP contribution in [-0.2, 0) is 0 Å². The Kier molecular flexibility index (Phi) is 3.76. The van der Waals surface area contributed by atoms with E-state index in [1.54, 1.807) is 13.8 Å². The van der Waals surface area contributed by atoms with E-state index >= 15 is 0 Å². The van der Waals surface area contributed by atoms with Crippen LogP contribution < -0.4 is 0 Å². The summed E-state index contributed by atoms with van der Waals surface area (Å²) in [7, 11) is 0. The molecule has 0 amide bonds. The normalized spacial score (nSPS) is 50.4. The first kappa shape index (κ1) is 15.2. The van der Waals surface area contributed by atoms with Crippen molar-refractivity contribution in [2.45, 2.75) is 70.2 Å². The number of hydrogen-bond donors (Lipinski definition) is 4.